The number of methoxy groups -OCH3 is 1. The van der Waals surface area contributed by atoms with Crippen molar-refractivity contribution in [2.45, 2.75) is 56.7 Å². The van der Waals surface area contributed by atoms with Gasteiger partial charge >= 0.3 is 5.97 Å². The average molecular weight is 587 g/mol. The summed E-state index contributed by atoms with van der Waals surface area (Å²) in [4.78, 5) is 56.6. The Morgan fingerprint density at radius 3 is 2.45 bits per heavy atom. The number of nitrogens with zero attached hydrogens (tertiary/aromatic N) is 3. The zero-order chi connectivity index (χ0) is 27.4. The van der Waals surface area contributed by atoms with Crippen LogP contribution in [0.15, 0.2) is 17.5 Å². The molecule has 3 aliphatic rings. The number of esters is 1. The maximum atomic E-state index is 13.3. The molecule has 1 aromatic rings. The van der Waals surface area contributed by atoms with Gasteiger partial charge in [0.1, 0.15) is 18.1 Å². The normalized spacial score (nSPS) is 24.4. The van der Waals surface area contributed by atoms with Gasteiger partial charge in [-0.05, 0) is 56.7 Å². The molecule has 1 unspecified atom stereocenters. The fourth-order valence-corrected chi connectivity index (χ4v) is 7.27. The van der Waals surface area contributed by atoms with Gasteiger partial charge in [-0.3, -0.25) is 14.4 Å². The summed E-state index contributed by atoms with van der Waals surface area (Å²) < 4.78 is 32.9. The van der Waals surface area contributed by atoms with E-state index in [0.717, 1.165) is 5.41 Å². The second-order valence-electron chi connectivity index (χ2n) is 9.52. The number of halogens is 1. The summed E-state index contributed by atoms with van der Waals surface area (Å²) in [6.07, 6.45) is 4.56. The van der Waals surface area contributed by atoms with Crippen LogP contribution in [-0.2, 0) is 33.9 Å². The number of likely N-dealkylation sites (tertiary alicyclic amines) is 3. The molecule has 1 aromatic heterocycles. The molecule has 3 fully saturated rings. The van der Waals surface area contributed by atoms with Gasteiger partial charge in [-0.2, -0.15) is 4.72 Å². The highest BCUT2D eigenvalue weighted by molar-refractivity contribution is 7.92. The third-order valence-corrected chi connectivity index (χ3v) is 9.34. The highest BCUT2D eigenvalue weighted by Crippen LogP contribution is 2.26. The van der Waals surface area contributed by atoms with E-state index in [1.807, 2.05) is 0 Å². The molecule has 0 spiro atoms. The quantitative estimate of drug-likeness (QED) is 0.456. The molecule has 208 valence electrons. The van der Waals surface area contributed by atoms with Crippen molar-refractivity contribution in [3.8, 4) is 0 Å². The Balaban J connectivity index is 1.37. The lowest BCUT2D eigenvalue weighted by atomic mass is 10.1. The van der Waals surface area contributed by atoms with E-state index in [1.54, 1.807) is 12.1 Å². The van der Waals surface area contributed by atoms with Crippen LogP contribution in [0.4, 0.5) is 0 Å². The van der Waals surface area contributed by atoms with Crippen LogP contribution in [0.25, 0.3) is 6.08 Å². The summed E-state index contributed by atoms with van der Waals surface area (Å²) >= 11 is 7.10. The van der Waals surface area contributed by atoms with Crippen LogP contribution in [-0.4, -0.2) is 98.2 Å². The molecule has 3 aliphatic heterocycles. The zero-order valence-electron chi connectivity index (χ0n) is 21.0. The van der Waals surface area contributed by atoms with Gasteiger partial charge in [-0.25, -0.2) is 13.2 Å². The molecule has 3 atom stereocenters. The molecule has 0 saturated carbocycles. The molecule has 0 bridgehead atoms. The number of thiophene rings is 1. The highest BCUT2D eigenvalue weighted by atomic mass is 35.5. The molecule has 0 aliphatic carbocycles. The van der Waals surface area contributed by atoms with Crippen molar-refractivity contribution in [2.75, 3.05) is 33.3 Å². The van der Waals surface area contributed by atoms with Crippen molar-refractivity contribution in [1.29, 1.82) is 0 Å². The van der Waals surface area contributed by atoms with Gasteiger partial charge in [0.2, 0.25) is 27.7 Å². The zero-order valence-corrected chi connectivity index (χ0v) is 23.4. The van der Waals surface area contributed by atoms with E-state index in [0.29, 0.717) is 67.4 Å². The third-order valence-electron chi connectivity index (χ3n) is 7.04. The number of ether oxygens (including phenoxy) is 1. The molecule has 3 saturated heterocycles. The Bertz CT molecular complexity index is 1220. The fraction of sp³-hybridized carbons (Fsp3) is 0.583. The standard InChI is InChI=1S/C24H31ClN4O7S2/c1-36-24(33)19-7-4-13-29(19)23(32)18-6-3-12-28(18)21(30)15-27-11-2-5-17(22(27)31)26-38(34,35)14-10-16-8-9-20(25)37-16/h8-10,14,17-19,26H,2-7,11-13,15H2,1H3/t17-,18-,19?/m0/s1. The molecule has 0 radical (unpaired) electrons. The Morgan fingerprint density at radius 1 is 1.08 bits per heavy atom. The van der Waals surface area contributed by atoms with Crippen LogP contribution in [0.3, 0.4) is 0 Å². The first-order valence-electron chi connectivity index (χ1n) is 12.5. The minimum Gasteiger partial charge on any atom is -0.467 e. The summed E-state index contributed by atoms with van der Waals surface area (Å²) in [5.74, 6) is -1.60. The van der Waals surface area contributed by atoms with Crippen molar-refractivity contribution in [3.05, 3.63) is 26.8 Å². The number of carbonyl (C=O) groups excluding carboxylic acids is 4. The third kappa shape index (κ3) is 6.56. The predicted molar refractivity (Wildman–Crippen MR) is 142 cm³/mol. The Hall–Kier alpha value is -2.48. The maximum Gasteiger partial charge on any atom is 0.328 e. The molecule has 0 aromatic carbocycles. The summed E-state index contributed by atoms with van der Waals surface area (Å²) in [6.45, 7) is 0.874. The van der Waals surface area contributed by atoms with Crippen LogP contribution >= 0.6 is 22.9 Å². The lowest BCUT2D eigenvalue weighted by molar-refractivity contribution is -0.154. The summed E-state index contributed by atoms with van der Waals surface area (Å²) in [5, 5.41) is 0.993. The van der Waals surface area contributed by atoms with Crippen molar-refractivity contribution in [1.82, 2.24) is 19.4 Å². The van der Waals surface area contributed by atoms with E-state index < -0.39 is 40.0 Å². The number of amides is 3. The molecule has 3 amide bonds. The molecule has 4 rings (SSSR count). The average Bonchev–Trinajstić information content (AvgIpc) is 3.65. The number of hydrogen-bond acceptors (Lipinski definition) is 8. The fourth-order valence-electron chi connectivity index (χ4n) is 5.20. The van der Waals surface area contributed by atoms with Gasteiger partial charge in [-0.15, -0.1) is 11.3 Å². The Kier molecular flexibility index (Phi) is 9.11. The van der Waals surface area contributed by atoms with Crippen molar-refractivity contribution in [2.24, 2.45) is 0 Å². The van der Waals surface area contributed by atoms with Gasteiger partial charge < -0.3 is 19.4 Å². The summed E-state index contributed by atoms with van der Waals surface area (Å²) in [6, 6.07) is 1.02. The maximum absolute atomic E-state index is 13.3. The SMILES string of the molecule is COC(=O)C1CCCN1C(=O)[C@@H]1CCCN1C(=O)CN1CCC[C@H](NS(=O)(=O)C=Cc2ccc(Cl)s2)C1=O. The van der Waals surface area contributed by atoms with Crippen molar-refractivity contribution >= 4 is 62.7 Å². The first kappa shape index (κ1) is 28.5. The van der Waals surface area contributed by atoms with Crippen LogP contribution in [0, 0.1) is 0 Å². The number of carbonyl (C=O) groups is 4. The number of sulfonamides is 1. The number of piperidine rings is 1. The topological polar surface area (TPSA) is 133 Å². The Morgan fingerprint density at radius 2 is 1.76 bits per heavy atom. The second kappa shape index (κ2) is 12.1. The minimum atomic E-state index is -3.91. The van der Waals surface area contributed by atoms with Gasteiger partial charge in [0, 0.05) is 29.9 Å². The van der Waals surface area contributed by atoms with Crippen molar-refractivity contribution < 1.29 is 32.3 Å². The van der Waals surface area contributed by atoms with E-state index in [4.69, 9.17) is 16.3 Å². The van der Waals surface area contributed by atoms with E-state index in [-0.39, 0.29) is 18.4 Å². The first-order valence-corrected chi connectivity index (χ1v) is 15.3. The Labute approximate surface area is 230 Å². The molecule has 14 heteroatoms. The largest absolute Gasteiger partial charge is 0.467 e. The van der Waals surface area contributed by atoms with Crippen LogP contribution in [0.1, 0.15) is 43.4 Å². The van der Waals surface area contributed by atoms with Gasteiger partial charge in [0.25, 0.3) is 0 Å². The molecule has 11 nitrogen and oxygen atoms in total. The number of rotatable bonds is 8. The minimum absolute atomic E-state index is 0.245. The lowest BCUT2D eigenvalue weighted by Gasteiger charge is -2.34. The first-order chi connectivity index (χ1) is 18.1. The smallest absolute Gasteiger partial charge is 0.328 e. The molecule has 4 heterocycles. The second-order valence-corrected chi connectivity index (χ2v) is 12.9. The summed E-state index contributed by atoms with van der Waals surface area (Å²) in [5.41, 5.74) is 0. The van der Waals surface area contributed by atoms with Gasteiger partial charge in [0.05, 0.1) is 18.0 Å². The molecule has 1 N–H and O–H groups in total. The predicted octanol–water partition coefficient (Wildman–Crippen LogP) is 1.44. The molecular formula is C24H31ClN4O7S2. The van der Waals surface area contributed by atoms with E-state index in [9.17, 15) is 27.6 Å². The van der Waals surface area contributed by atoms with E-state index in [1.165, 1.54) is 39.2 Å². The lowest BCUT2D eigenvalue weighted by Crippen LogP contribution is -2.56. The number of nitrogens with one attached hydrogen (secondary N) is 1. The number of hydrogen-bond donors (Lipinski definition) is 1. The van der Waals surface area contributed by atoms with E-state index >= 15 is 0 Å². The molecule has 38 heavy (non-hydrogen) atoms. The van der Waals surface area contributed by atoms with Crippen LogP contribution in [0.2, 0.25) is 4.34 Å². The van der Waals surface area contributed by atoms with Gasteiger partial charge in [0.15, 0.2) is 0 Å². The van der Waals surface area contributed by atoms with Crippen molar-refractivity contribution in [3.63, 3.8) is 0 Å². The summed E-state index contributed by atoms with van der Waals surface area (Å²) in [7, 11) is -2.63. The van der Waals surface area contributed by atoms with Crippen LogP contribution < -0.4 is 4.72 Å². The van der Waals surface area contributed by atoms with E-state index in [2.05, 4.69) is 4.72 Å². The highest BCUT2D eigenvalue weighted by Gasteiger charge is 2.43. The monoisotopic (exact) mass is 586 g/mol. The van der Waals surface area contributed by atoms with Crippen LogP contribution in [0.5, 0.6) is 0 Å². The van der Waals surface area contributed by atoms with Gasteiger partial charge in [-0.1, -0.05) is 11.6 Å². The molecular weight excluding hydrogens is 556 g/mol.